The van der Waals surface area contributed by atoms with E-state index >= 15 is 0 Å². The van der Waals surface area contributed by atoms with Crippen LogP contribution in [-0.4, -0.2) is 53.3 Å². The lowest BCUT2D eigenvalue weighted by Crippen LogP contribution is -2.68. The van der Waals surface area contributed by atoms with E-state index in [1.807, 2.05) is 0 Å². The van der Waals surface area contributed by atoms with Gasteiger partial charge in [-0.05, 0) is 26.0 Å². The summed E-state index contributed by atoms with van der Waals surface area (Å²) in [6.45, 7) is 6.81. The summed E-state index contributed by atoms with van der Waals surface area (Å²) >= 11 is 1.79. The van der Waals surface area contributed by atoms with Crippen LogP contribution in [0, 0.1) is 6.92 Å². The van der Waals surface area contributed by atoms with Crippen molar-refractivity contribution in [3.05, 3.63) is 21.9 Å². The highest BCUT2D eigenvalue weighted by Crippen LogP contribution is 2.21. The number of aryl methyl sites for hydroxylation is 1. The first-order chi connectivity index (χ1) is 9.54. The molecule has 108 valence electrons. The van der Waals surface area contributed by atoms with Crippen molar-refractivity contribution in [1.82, 2.24) is 15.1 Å². The van der Waals surface area contributed by atoms with Crippen LogP contribution in [-0.2, 0) is 16.1 Å². The van der Waals surface area contributed by atoms with Gasteiger partial charge in [-0.15, -0.1) is 11.3 Å². The fraction of sp³-hybridized carbons (Fsp3) is 0.571. The zero-order valence-electron chi connectivity index (χ0n) is 11.8. The summed E-state index contributed by atoms with van der Waals surface area (Å²) in [4.78, 5) is 30.7. The summed E-state index contributed by atoms with van der Waals surface area (Å²) in [7, 11) is 0. The largest absolute Gasteiger partial charge is 0.343 e. The van der Waals surface area contributed by atoms with Gasteiger partial charge < -0.3 is 10.2 Å². The standard InChI is InChI=1S/C14H19N3O2S/c1-9-3-4-11(20-9)7-16-5-6-17-12(8-16)13(18)15-10(2)14(17)19/h3-4,10,12H,5-8H2,1-2H3,(H,15,18)/t10-,12+/m0/s1. The molecular weight excluding hydrogens is 274 g/mol. The predicted octanol–water partition coefficient (Wildman–Crippen LogP) is 0.588. The second kappa shape index (κ2) is 5.18. The van der Waals surface area contributed by atoms with E-state index in [1.54, 1.807) is 23.2 Å². The molecule has 0 bridgehead atoms. The fourth-order valence-electron chi connectivity index (χ4n) is 2.88. The van der Waals surface area contributed by atoms with E-state index in [0.717, 1.165) is 13.1 Å². The molecule has 0 aliphatic carbocycles. The van der Waals surface area contributed by atoms with Gasteiger partial charge in [0.05, 0.1) is 0 Å². The second-order valence-electron chi connectivity index (χ2n) is 5.53. The smallest absolute Gasteiger partial charge is 0.245 e. The Kier molecular flexibility index (Phi) is 3.52. The Morgan fingerprint density at radius 2 is 2.15 bits per heavy atom. The van der Waals surface area contributed by atoms with Gasteiger partial charge in [-0.1, -0.05) is 0 Å². The summed E-state index contributed by atoms with van der Waals surface area (Å²) in [5.41, 5.74) is 0. The van der Waals surface area contributed by atoms with E-state index in [1.165, 1.54) is 9.75 Å². The minimum Gasteiger partial charge on any atom is -0.343 e. The number of fused-ring (bicyclic) bond motifs is 1. The highest BCUT2D eigenvalue weighted by Gasteiger charge is 2.41. The Hall–Kier alpha value is -1.40. The molecule has 0 unspecified atom stereocenters. The van der Waals surface area contributed by atoms with E-state index in [4.69, 9.17) is 0 Å². The van der Waals surface area contributed by atoms with Crippen LogP contribution in [0.2, 0.25) is 0 Å². The van der Waals surface area contributed by atoms with Crippen molar-refractivity contribution in [3.63, 3.8) is 0 Å². The molecule has 1 aromatic rings. The average molecular weight is 293 g/mol. The molecule has 2 saturated heterocycles. The maximum Gasteiger partial charge on any atom is 0.245 e. The Bertz CT molecular complexity index is 542. The third kappa shape index (κ3) is 2.45. The molecule has 3 heterocycles. The maximum absolute atomic E-state index is 12.1. The number of carbonyl (C=O) groups excluding carboxylic acids is 2. The zero-order valence-corrected chi connectivity index (χ0v) is 12.6. The van der Waals surface area contributed by atoms with Gasteiger partial charge in [0.1, 0.15) is 12.1 Å². The number of nitrogens with zero attached hydrogens (tertiary/aromatic N) is 2. The van der Waals surface area contributed by atoms with Gasteiger partial charge in [-0.2, -0.15) is 0 Å². The van der Waals surface area contributed by atoms with Crippen molar-refractivity contribution >= 4 is 23.2 Å². The fourth-order valence-corrected chi connectivity index (χ4v) is 3.81. The van der Waals surface area contributed by atoms with Crippen LogP contribution in [0.3, 0.4) is 0 Å². The van der Waals surface area contributed by atoms with Gasteiger partial charge in [0.25, 0.3) is 0 Å². The maximum atomic E-state index is 12.1. The van der Waals surface area contributed by atoms with Crippen LogP contribution in [0.5, 0.6) is 0 Å². The lowest BCUT2D eigenvalue weighted by Gasteiger charge is -2.44. The first-order valence-corrected chi connectivity index (χ1v) is 7.75. The normalized spacial score (nSPS) is 27.4. The molecular formula is C14H19N3O2S. The molecule has 6 heteroatoms. The third-order valence-electron chi connectivity index (χ3n) is 3.95. The van der Waals surface area contributed by atoms with Crippen molar-refractivity contribution in [2.45, 2.75) is 32.5 Å². The summed E-state index contributed by atoms with van der Waals surface area (Å²) < 4.78 is 0. The SMILES string of the molecule is Cc1ccc(CN2CCN3C(=O)[C@H](C)NC(=O)[C@H]3C2)s1. The molecule has 3 rings (SSSR count). The molecule has 1 aromatic heterocycles. The van der Waals surface area contributed by atoms with Crippen LogP contribution >= 0.6 is 11.3 Å². The van der Waals surface area contributed by atoms with E-state index in [-0.39, 0.29) is 23.9 Å². The minimum atomic E-state index is -0.384. The quantitative estimate of drug-likeness (QED) is 0.868. The Balaban J connectivity index is 1.68. The van der Waals surface area contributed by atoms with Crippen LogP contribution in [0.25, 0.3) is 0 Å². The minimum absolute atomic E-state index is 0.0239. The van der Waals surface area contributed by atoms with Crippen LogP contribution in [0.4, 0.5) is 0 Å². The highest BCUT2D eigenvalue weighted by atomic mass is 32.1. The van der Waals surface area contributed by atoms with Crippen molar-refractivity contribution in [3.8, 4) is 0 Å². The molecule has 2 aliphatic heterocycles. The van der Waals surface area contributed by atoms with Gasteiger partial charge in [0.15, 0.2) is 0 Å². The first kappa shape index (κ1) is 13.6. The molecule has 2 amide bonds. The number of hydrogen-bond donors (Lipinski definition) is 1. The van der Waals surface area contributed by atoms with Gasteiger partial charge in [0, 0.05) is 35.9 Å². The molecule has 1 N–H and O–H groups in total. The number of carbonyl (C=O) groups is 2. The average Bonchev–Trinajstić information content (AvgIpc) is 2.81. The van der Waals surface area contributed by atoms with Crippen molar-refractivity contribution in [2.24, 2.45) is 0 Å². The summed E-state index contributed by atoms with van der Waals surface area (Å²) in [6, 6.07) is 3.55. The molecule has 2 atom stereocenters. The Morgan fingerprint density at radius 3 is 2.85 bits per heavy atom. The van der Waals surface area contributed by atoms with E-state index in [9.17, 15) is 9.59 Å². The van der Waals surface area contributed by atoms with Crippen LogP contribution in [0.1, 0.15) is 16.7 Å². The van der Waals surface area contributed by atoms with Crippen molar-refractivity contribution in [1.29, 1.82) is 0 Å². The monoisotopic (exact) mass is 293 g/mol. The predicted molar refractivity (Wildman–Crippen MR) is 77.4 cm³/mol. The van der Waals surface area contributed by atoms with Crippen molar-refractivity contribution in [2.75, 3.05) is 19.6 Å². The van der Waals surface area contributed by atoms with Crippen molar-refractivity contribution < 1.29 is 9.59 Å². The van der Waals surface area contributed by atoms with E-state index in [0.29, 0.717) is 13.1 Å². The second-order valence-corrected chi connectivity index (χ2v) is 6.90. The van der Waals surface area contributed by atoms with E-state index < -0.39 is 0 Å². The molecule has 0 saturated carbocycles. The summed E-state index contributed by atoms with van der Waals surface area (Å²) in [5.74, 6) is 0.0189. The van der Waals surface area contributed by atoms with Crippen LogP contribution < -0.4 is 5.32 Å². The highest BCUT2D eigenvalue weighted by molar-refractivity contribution is 7.11. The first-order valence-electron chi connectivity index (χ1n) is 6.93. The van der Waals surface area contributed by atoms with E-state index in [2.05, 4.69) is 29.3 Å². The zero-order chi connectivity index (χ0) is 14.3. The molecule has 0 radical (unpaired) electrons. The number of rotatable bonds is 2. The summed E-state index contributed by atoms with van der Waals surface area (Å²) in [5, 5.41) is 2.76. The topological polar surface area (TPSA) is 52.6 Å². The Labute approximate surface area is 122 Å². The summed E-state index contributed by atoms with van der Waals surface area (Å²) in [6.07, 6.45) is 0. The molecule has 2 aliphatic rings. The number of nitrogens with one attached hydrogen (secondary N) is 1. The molecule has 0 aromatic carbocycles. The Morgan fingerprint density at radius 1 is 1.35 bits per heavy atom. The third-order valence-corrected chi connectivity index (χ3v) is 4.94. The number of hydrogen-bond acceptors (Lipinski definition) is 4. The number of amides is 2. The van der Waals surface area contributed by atoms with Gasteiger partial charge in [0.2, 0.25) is 11.8 Å². The molecule has 20 heavy (non-hydrogen) atoms. The molecule has 5 nitrogen and oxygen atoms in total. The lowest BCUT2D eigenvalue weighted by molar-refractivity contribution is -0.152. The van der Waals surface area contributed by atoms with Gasteiger partial charge in [-0.3, -0.25) is 14.5 Å². The number of thiophene rings is 1. The molecule has 2 fully saturated rings. The van der Waals surface area contributed by atoms with Gasteiger partial charge >= 0.3 is 0 Å². The van der Waals surface area contributed by atoms with Crippen LogP contribution in [0.15, 0.2) is 12.1 Å². The molecule has 0 spiro atoms. The van der Waals surface area contributed by atoms with Gasteiger partial charge in [-0.25, -0.2) is 0 Å². The lowest BCUT2D eigenvalue weighted by atomic mass is 10.0. The number of piperazine rings is 2.